The lowest BCUT2D eigenvalue weighted by atomic mass is 9.78. The fourth-order valence-electron chi connectivity index (χ4n) is 6.61. The minimum absolute atomic E-state index is 0.173. The minimum atomic E-state index is -0.684. The molecule has 2 aromatic carbocycles. The highest BCUT2D eigenvalue weighted by Crippen LogP contribution is 2.32. The third kappa shape index (κ3) is 13.0. The van der Waals surface area contributed by atoms with Gasteiger partial charge in [-0.1, -0.05) is 105 Å². The Labute approximate surface area is 238 Å². The molecule has 0 radical (unpaired) electrons. The van der Waals surface area contributed by atoms with E-state index < -0.39 is 5.97 Å². The van der Waals surface area contributed by atoms with Gasteiger partial charge in [0.1, 0.15) is 0 Å². The average Bonchev–Trinajstić information content (AvgIpc) is 2.97. The largest absolute Gasteiger partial charge is 0.481 e. The lowest BCUT2D eigenvalue weighted by Gasteiger charge is -2.28. The Morgan fingerprint density at radius 3 is 2.05 bits per heavy atom. The molecule has 1 aliphatic carbocycles. The molecule has 3 heteroatoms. The standard InChI is InChI=1S/C36H53NO2/c37-28-27-34(35(29-36(38)39)26-24-32-18-10-4-11-19-32)25-23-33(22-21-31-16-8-3-9-17-31)20-12-2-7-15-30-13-5-1-6-14-30/h2-4,8-12,16-19,30,33-35H,1,5-7,13-15,20-29,37H2,(H,38,39). The van der Waals surface area contributed by atoms with Crippen LogP contribution in [-0.4, -0.2) is 17.6 Å². The number of hydrogen-bond donors (Lipinski definition) is 2. The first-order chi connectivity index (χ1) is 19.1. The predicted molar refractivity (Wildman–Crippen MR) is 165 cm³/mol. The summed E-state index contributed by atoms with van der Waals surface area (Å²) in [5.74, 6) is 1.42. The van der Waals surface area contributed by atoms with Crippen molar-refractivity contribution in [1.82, 2.24) is 0 Å². The SMILES string of the molecule is NCCC(CCC(CC=CCCC1CCCCC1)CCc1ccccc1)C(CCc1ccccc1)CC(=O)O. The Morgan fingerprint density at radius 1 is 0.795 bits per heavy atom. The molecule has 0 heterocycles. The van der Waals surface area contributed by atoms with Crippen LogP contribution in [0.4, 0.5) is 0 Å². The van der Waals surface area contributed by atoms with Gasteiger partial charge in [0.2, 0.25) is 0 Å². The van der Waals surface area contributed by atoms with Crippen molar-refractivity contribution in [2.24, 2.45) is 29.4 Å². The second-order valence-corrected chi connectivity index (χ2v) is 12.0. The molecule has 1 aliphatic rings. The molecule has 2 aromatic rings. The van der Waals surface area contributed by atoms with Crippen LogP contribution in [0.15, 0.2) is 72.8 Å². The van der Waals surface area contributed by atoms with Crippen molar-refractivity contribution in [2.45, 2.75) is 103 Å². The number of carboxylic acid groups (broad SMARTS) is 1. The van der Waals surface area contributed by atoms with E-state index in [9.17, 15) is 9.90 Å². The van der Waals surface area contributed by atoms with Gasteiger partial charge in [-0.3, -0.25) is 4.79 Å². The van der Waals surface area contributed by atoms with Crippen molar-refractivity contribution in [1.29, 1.82) is 0 Å². The molecule has 0 saturated heterocycles. The Balaban J connectivity index is 1.57. The summed E-state index contributed by atoms with van der Waals surface area (Å²) >= 11 is 0. The highest BCUT2D eigenvalue weighted by Gasteiger charge is 2.24. The van der Waals surface area contributed by atoms with Crippen LogP contribution in [0.3, 0.4) is 0 Å². The quantitative estimate of drug-likeness (QED) is 0.178. The number of hydrogen-bond acceptors (Lipinski definition) is 2. The summed E-state index contributed by atoms with van der Waals surface area (Å²) in [5, 5.41) is 9.71. The lowest BCUT2D eigenvalue weighted by molar-refractivity contribution is -0.138. The van der Waals surface area contributed by atoms with Gasteiger partial charge in [0.15, 0.2) is 0 Å². The van der Waals surface area contributed by atoms with Crippen LogP contribution in [0.2, 0.25) is 0 Å². The Morgan fingerprint density at radius 2 is 1.44 bits per heavy atom. The predicted octanol–water partition coefficient (Wildman–Crippen LogP) is 9.01. The summed E-state index contributed by atoms with van der Waals surface area (Å²) in [5.41, 5.74) is 8.76. The molecule has 3 nitrogen and oxygen atoms in total. The molecule has 3 unspecified atom stereocenters. The number of nitrogens with two attached hydrogens (primary N) is 1. The van der Waals surface area contributed by atoms with Crippen molar-refractivity contribution >= 4 is 5.97 Å². The lowest BCUT2D eigenvalue weighted by Crippen LogP contribution is -2.23. The van der Waals surface area contributed by atoms with Gasteiger partial charge >= 0.3 is 5.97 Å². The van der Waals surface area contributed by atoms with Crippen LogP contribution < -0.4 is 5.73 Å². The second kappa shape index (κ2) is 18.8. The molecule has 0 aliphatic heterocycles. The fraction of sp³-hybridized carbons (Fsp3) is 0.583. The number of allylic oxidation sites excluding steroid dienone is 2. The van der Waals surface area contributed by atoms with Crippen LogP contribution in [0.25, 0.3) is 0 Å². The van der Waals surface area contributed by atoms with E-state index in [1.165, 1.54) is 62.5 Å². The molecule has 0 amide bonds. The van der Waals surface area contributed by atoms with Crippen LogP contribution >= 0.6 is 0 Å². The van der Waals surface area contributed by atoms with Crippen molar-refractivity contribution < 1.29 is 9.90 Å². The number of aryl methyl sites for hydroxylation is 2. The van der Waals surface area contributed by atoms with E-state index in [-0.39, 0.29) is 12.3 Å². The number of carboxylic acids is 1. The van der Waals surface area contributed by atoms with E-state index >= 15 is 0 Å². The van der Waals surface area contributed by atoms with Crippen LogP contribution in [0.1, 0.15) is 101 Å². The van der Waals surface area contributed by atoms with Gasteiger partial charge in [-0.25, -0.2) is 0 Å². The maximum absolute atomic E-state index is 11.8. The highest BCUT2D eigenvalue weighted by molar-refractivity contribution is 5.67. The van der Waals surface area contributed by atoms with Gasteiger partial charge in [-0.2, -0.15) is 0 Å². The van der Waals surface area contributed by atoms with Gasteiger partial charge in [0.05, 0.1) is 0 Å². The van der Waals surface area contributed by atoms with E-state index in [0.29, 0.717) is 18.4 Å². The molecule has 3 atom stereocenters. The van der Waals surface area contributed by atoms with Gasteiger partial charge in [-0.15, -0.1) is 0 Å². The van der Waals surface area contributed by atoms with Crippen molar-refractivity contribution in [3.05, 3.63) is 83.9 Å². The van der Waals surface area contributed by atoms with Gasteiger partial charge in [0, 0.05) is 6.42 Å². The first-order valence-electron chi connectivity index (χ1n) is 15.8. The number of rotatable bonds is 19. The normalized spacial score (nSPS) is 16.7. The molecule has 214 valence electrons. The number of carbonyl (C=O) groups is 1. The van der Waals surface area contributed by atoms with Gasteiger partial charge < -0.3 is 10.8 Å². The maximum atomic E-state index is 11.8. The van der Waals surface area contributed by atoms with E-state index in [1.54, 1.807) is 0 Å². The van der Waals surface area contributed by atoms with Crippen molar-refractivity contribution in [3.8, 4) is 0 Å². The van der Waals surface area contributed by atoms with Crippen LogP contribution in [0.5, 0.6) is 0 Å². The van der Waals surface area contributed by atoms with Gasteiger partial charge in [0.25, 0.3) is 0 Å². The minimum Gasteiger partial charge on any atom is -0.481 e. The Kier molecular flexibility index (Phi) is 15.0. The summed E-state index contributed by atoms with van der Waals surface area (Å²) in [7, 11) is 0. The zero-order chi connectivity index (χ0) is 27.5. The highest BCUT2D eigenvalue weighted by atomic mass is 16.4. The van der Waals surface area contributed by atoms with E-state index in [1.807, 2.05) is 6.07 Å². The van der Waals surface area contributed by atoms with Crippen molar-refractivity contribution in [2.75, 3.05) is 6.54 Å². The molecular weight excluding hydrogens is 478 g/mol. The first kappa shape index (κ1) is 31.1. The molecule has 0 spiro atoms. The summed E-state index contributed by atoms with van der Waals surface area (Å²) in [6.45, 7) is 0.627. The third-order valence-corrected chi connectivity index (χ3v) is 9.02. The fourth-order valence-corrected chi connectivity index (χ4v) is 6.61. The maximum Gasteiger partial charge on any atom is 0.303 e. The molecule has 3 N–H and O–H groups in total. The van der Waals surface area contributed by atoms with E-state index in [0.717, 1.165) is 50.9 Å². The summed E-state index contributed by atoms with van der Waals surface area (Å²) in [4.78, 5) is 11.8. The molecule has 3 rings (SSSR count). The monoisotopic (exact) mass is 531 g/mol. The average molecular weight is 532 g/mol. The second-order valence-electron chi connectivity index (χ2n) is 12.0. The molecular formula is C36H53NO2. The molecule has 0 bridgehead atoms. The van der Waals surface area contributed by atoms with Crippen LogP contribution in [0, 0.1) is 23.7 Å². The smallest absolute Gasteiger partial charge is 0.303 e. The number of benzene rings is 2. The van der Waals surface area contributed by atoms with Crippen molar-refractivity contribution in [3.63, 3.8) is 0 Å². The van der Waals surface area contributed by atoms with Crippen LogP contribution in [-0.2, 0) is 17.6 Å². The Hall–Kier alpha value is -2.39. The first-order valence-corrected chi connectivity index (χ1v) is 15.8. The molecule has 1 fully saturated rings. The number of aliphatic carboxylic acids is 1. The molecule has 0 aromatic heterocycles. The Bertz CT molecular complexity index is 920. The zero-order valence-corrected chi connectivity index (χ0v) is 24.2. The summed E-state index contributed by atoms with van der Waals surface area (Å²) in [6.07, 6.45) is 23.2. The topological polar surface area (TPSA) is 63.3 Å². The molecule has 39 heavy (non-hydrogen) atoms. The van der Waals surface area contributed by atoms with E-state index in [2.05, 4.69) is 66.7 Å². The summed E-state index contributed by atoms with van der Waals surface area (Å²) < 4.78 is 0. The van der Waals surface area contributed by atoms with E-state index in [4.69, 9.17) is 5.73 Å². The zero-order valence-electron chi connectivity index (χ0n) is 24.2. The third-order valence-electron chi connectivity index (χ3n) is 9.02. The van der Waals surface area contributed by atoms with Gasteiger partial charge in [-0.05, 0) is 106 Å². The summed E-state index contributed by atoms with van der Waals surface area (Å²) in [6, 6.07) is 21.3. The molecule has 1 saturated carbocycles.